The van der Waals surface area contributed by atoms with Crippen molar-refractivity contribution in [3.05, 3.63) is 45.9 Å². The Morgan fingerprint density at radius 2 is 2.04 bits per heavy atom. The maximum absolute atomic E-state index is 11.9. The topological polar surface area (TPSA) is 68.3 Å². The highest BCUT2D eigenvalue weighted by Gasteiger charge is 2.10. The number of nitrogens with one attached hydrogen (secondary N) is 1. The van der Waals surface area contributed by atoms with Gasteiger partial charge in [0.25, 0.3) is 5.91 Å². The first-order valence-corrected chi connectivity index (χ1v) is 9.52. The van der Waals surface area contributed by atoms with Gasteiger partial charge in [0.2, 0.25) is 0 Å². The number of benzene rings is 1. The Morgan fingerprint density at radius 3 is 2.67 bits per heavy atom. The minimum atomic E-state index is -0.492. The Labute approximate surface area is 149 Å². The van der Waals surface area contributed by atoms with Gasteiger partial charge >= 0.3 is 5.97 Å². The summed E-state index contributed by atoms with van der Waals surface area (Å²) in [7, 11) is 0. The van der Waals surface area contributed by atoms with Gasteiger partial charge in [0.05, 0.1) is 16.3 Å². The highest BCUT2D eigenvalue weighted by molar-refractivity contribution is 7.98. The van der Waals surface area contributed by atoms with E-state index in [4.69, 9.17) is 4.74 Å². The number of carbonyl (C=O) groups excluding carboxylic acids is 2. The SMILES string of the molecule is CCCNC(=O)COC(=O)c1ccc(SCc2csc(C)n2)cc1. The quantitative estimate of drug-likeness (QED) is 0.574. The number of aromatic nitrogens is 1. The molecule has 0 fully saturated rings. The van der Waals surface area contributed by atoms with E-state index in [1.54, 1.807) is 35.2 Å². The molecule has 1 amide bonds. The third kappa shape index (κ3) is 5.98. The molecule has 0 aliphatic heterocycles. The van der Waals surface area contributed by atoms with E-state index in [9.17, 15) is 9.59 Å². The number of hydrogen-bond donors (Lipinski definition) is 1. The molecule has 0 unspecified atom stereocenters. The smallest absolute Gasteiger partial charge is 0.338 e. The fraction of sp³-hybridized carbons (Fsp3) is 0.353. The lowest BCUT2D eigenvalue weighted by molar-refractivity contribution is -0.124. The highest BCUT2D eigenvalue weighted by Crippen LogP contribution is 2.24. The maximum Gasteiger partial charge on any atom is 0.338 e. The molecule has 2 aromatic rings. The molecule has 0 radical (unpaired) electrons. The molecule has 7 heteroatoms. The van der Waals surface area contributed by atoms with Crippen LogP contribution in [0.15, 0.2) is 34.5 Å². The van der Waals surface area contributed by atoms with Gasteiger partial charge in [-0.2, -0.15) is 0 Å². The van der Waals surface area contributed by atoms with Crippen LogP contribution in [0.3, 0.4) is 0 Å². The second-order valence-electron chi connectivity index (χ2n) is 5.10. The third-order valence-electron chi connectivity index (χ3n) is 3.05. The summed E-state index contributed by atoms with van der Waals surface area (Å²) in [4.78, 5) is 28.8. The van der Waals surface area contributed by atoms with Gasteiger partial charge in [-0.3, -0.25) is 4.79 Å². The molecule has 0 aliphatic rings. The molecule has 1 aromatic heterocycles. The second kappa shape index (κ2) is 9.44. The van der Waals surface area contributed by atoms with Gasteiger partial charge < -0.3 is 10.1 Å². The molecule has 1 heterocycles. The highest BCUT2D eigenvalue weighted by atomic mass is 32.2. The van der Waals surface area contributed by atoms with Crippen LogP contribution in [0, 0.1) is 6.92 Å². The van der Waals surface area contributed by atoms with Crippen LogP contribution in [0.1, 0.15) is 34.4 Å². The van der Waals surface area contributed by atoms with Crippen molar-refractivity contribution in [2.75, 3.05) is 13.2 Å². The molecular weight excluding hydrogens is 344 g/mol. The van der Waals surface area contributed by atoms with Gasteiger partial charge in [0.1, 0.15) is 0 Å². The molecule has 2 rings (SSSR count). The Balaban J connectivity index is 1.80. The van der Waals surface area contributed by atoms with E-state index in [-0.39, 0.29) is 12.5 Å². The zero-order valence-electron chi connectivity index (χ0n) is 13.7. The first-order valence-electron chi connectivity index (χ1n) is 7.66. The summed E-state index contributed by atoms with van der Waals surface area (Å²) >= 11 is 3.30. The molecule has 0 bridgehead atoms. The molecule has 1 aromatic carbocycles. The van der Waals surface area contributed by atoms with Crippen molar-refractivity contribution in [2.24, 2.45) is 0 Å². The number of carbonyl (C=O) groups is 2. The zero-order chi connectivity index (χ0) is 17.4. The zero-order valence-corrected chi connectivity index (χ0v) is 15.3. The minimum Gasteiger partial charge on any atom is -0.452 e. The van der Waals surface area contributed by atoms with Crippen LogP contribution in [-0.4, -0.2) is 30.0 Å². The van der Waals surface area contributed by atoms with Crippen LogP contribution >= 0.6 is 23.1 Å². The van der Waals surface area contributed by atoms with Crippen molar-refractivity contribution < 1.29 is 14.3 Å². The first kappa shape index (κ1) is 18.5. The first-order chi connectivity index (χ1) is 11.6. The molecule has 0 saturated carbocycles. The van der Waals surface area contributed by atoms with Gasteiger partial charge in [-0.1, -0.05) is 6.92 Å². The van der Waals surface area contributed by atoms with Gasteiger partial charge in [-0.25, -0.2) is 9.78 Å². The number of aryl methyl sites for hydroxylation is 1. The van der Waals surface area contributed by atoms with E-state index < -0.39 is 5.97 Å². The van der Waals surface area contributed by atoms with E-state index >= 15 is 0 Å². The summed E-state index contributed by atoms with van der Waals surface area (Å²) in [5, 5.41) is 5.77. The fourth-order valence-electron chi connectivity index (χ4n) is 1.85. The molecule has 0 atom stereocenters. The summed E-state index contributed by atoms with van der Waals surface area (Å²) in [6.07, 6.45) is 0.847. The van der Waals surface area contributed by atoms with Gasteiger partial charge in [-0.15, -0.1) is 23.1 Å². The summed E-state index contributed by atoms with van der Waals surface area (Å²) in [6, 6.07) is 7.16. The van der Waals surface area contributed by atoms with E-state index in [1.165, 1.54) is 0 Å². The Kier molecular flexibility index (Phi) is 7.27. The van der Waals surface area contributed by atoms with Crippen LogP contribution in [0.2, 0.25) is 0 Å². The molecule has 24 heavy (non-hydrogen) atoms. The van der Waals surface area contributed by atoms with Crippen LogP contribution in [0.25, 0.3) is 0 Å². The molecule has 5 nitrogen and oxygen atoms in total. The summed E-state index contributed by atoms with van der Waals surface area (Å²) in [5.41, 5.74) is 1.50. The largest absolute Gasteiger partial charge is 0.452 e. The fourth-order valence-corrected chi connectivity index (χ4v) is 3.36. The van der Waals surface area contributed by atoms with Crippen molar-refractivity contribution in [2.45, 2.75) is 30.9 Å². The predicted octanol–water partition coefficient (Wildman–Crippen LogP) is 3.43. The molecular formula is C17H20N2O3S2. The van der Waals surface area contributed by atoms with E-state index in [1.807, 2.05) is 26.0 Å². The Hall–Kier alpha value is -1.86. The van der Waals surface area contributed by atoms with Crippen molar-refractivity contribution in [1.29, 1.82) is 0 Å². The maximum atomic E-state index is 11.9. The number of rotatable bonds is 8. The van der Waals surface area contributed by atoms with Gasteiger partial charge in [0.15, 0.2) is 6.61 Å². The predicted molar refractivity (Wildman–Crippen MR) is 96.4 cm³/mol. The number of amides is 1. The molecule has 0 saturated heterocycles. The van der Waals surface area contributed by atoms with Gasteiger partial charge in [-0.05, 0) is 37.6 Å². The second-order valence-corrected chi connectivity index (χ2v) is 7.21. The lowest BCUT2D eigenvalue weighted by Crippen LogP contribution is -2.29. The summed E-state index contributed by atoms with van der Waals surface area (Å²) in [5.74, 6) is 0.0235. The monoisotopic (exact) mass is 364 g/mol. The van der Waals surface area contributed by atoms with Crippen molar-refractivity contribution in [3.8, 4) is 0 Å². The van der Waals surface area contributed by atoms with Crippen LogP contribution in [0.5, 0.6) is 0 Å². The Morgan fingerprint density at radius 1 is 1.29 bits per heavy atom. The normalized spacial score (nSPS) is 10.4. The average Bonchev–Trinajstić information content (AvgIpc) is 3.01. The Bertz CT molecular complexity index is 683. The van der Waals surface area contributed by atoms with Crippen molar-refractivity contribution in [1.82, 2.24) is 10.3 Å². The third-order valence-corrected chi connectivity index (χ3v) is 4.92. The van der Waals surface area contributed by atoms with E-state index in [0.29, 0.717) is 12.1 Å². The van der Waals surface area contributed by atoms with E-state index in [2.05, 4.69) is 15.7 Å². The van der Waals surface area contributed by atoms with Crippen molar-refractivity contribution in [3.63, 3.8) is 0 Å². The molecule has 0 aliphatic carbocycles. The lowest BCUT2D eigenvalue weighted by atomic mass is 10.2. The molecule has 1 N–H and O–H groups in total. The number of thioether (sulfide) groups is 1. The lowest BCUT2D eigenvalue weighted by Gasteiger charge is -2.06. The van der Waals surface area contributed by atoms with Crippen LogP contribution < -0.4 is 5.32 Å². The van der Waals surface area contributed by atoms with E-state index in [0.717, 1.165) is 27.8 Å². The number of hydrogen-bond acceptors (Lipinski definition) is 6. The molecule has 0 spiro atoms. The average molecular weight is 364 g/mol. The molecule has 128 valence electrons. The number of thiazole rings is 1. The summed E-state index contributed by atoms with van der Waals surface area (Å²) < 4.78 is 4.99. The van der Waals surface area contributed by atoms with Crippen LogP contribution in [-0.2, 0) is 15.3 Å². The number of nitrogens with zero attached hydrogens (tertiary/aromatic N) is 1. The number of ether oxygens (including phenoxy) is 1. The van der Waals surface area contributed by atoms with Gasteiger partial charge in [0, 0.05) is 22.6 Å². The van der Waals surface area contributed by atoms with Crippen molar-refractivity contribution >= 4 is 35.0 Å². The minimum absolute atomic E-state index is 0.251. The summed E-state index contributed by atoms with van der Waals surface area (Å²) in [6.45, 7) is 4.28. The number of esters is 1. The van der Waals surface area contributed by atoms with Crippen LogP contribution in [0.4, 0.5) is 0 Å². The standard InChI is InChI=1S/C17H20N2O3S2/c1-3-8-18-16(20)9-22-17(21)13-4-6-15(7-5-13)24-11-14-10-23-12(2)19-14/h4-7,10H,3,8-9,11H2,1-2H3,(H,18,20).